The third kappa shape index (κ3) is 4.65. The highest BCUT2D eigenvalue weighted by atomic mass is 32.1. The van der Waals surface area contributed by atoms with E-state index in [-0.39, 0.29) is 5.41 Å². The van der Waals surface area contributed by atoms with Crippen LogP contribution in [0.2, 0.25) is 0 Å². The average molecular weight is 709 g/mol. The zero-order chi connectivity index (χ0) is 36.0. The van der Waals surface area contributed by atoms with E-state index in [1.54, 1.807) is 0 Å². The van der Waals surface area contributed by atoms with Gasteiger partial charge in [0.2, 0.25) is 0 Å². The number of para-hydroxylation sites is 3. The van der Waals surface area contributed by atoms with E-state index < -0.39 is 0 Å². The lowest BCUT2D eigenvalue weighted by molar-refractivity contribution is 0.660. The first-order chi connectivity index (χ1) is 26.5. The molecule has 256 valence electrons. The lowest BCUT2D eigenvalue weighted by Crippen LogP contribution is -2.15. The predicted molar refractivity (Wildman–Crippen MR) is 231 cm³/mol. The Kier molecular flexibility index (Phi) is 6.80. The normalized spacial score (nSPS) is 13.1. The van der Waals surface area contributed by atoms with E-state index in [2.05, 4.69) is 205 Å². The summed E-state index contributed by atoms with van der Waals surface area (Å²) in [6.45, 7) is 4.69. The molecule has 2 heterocycles. The third-order valence-corrected chi connectivity index (χ3v) is 12.7. The van der Waals surface area contributed by atoms with Crippen LogP contribution in [0.1, 0.15) is 25.0 Å². The van der Waals surface area contributed by atoms with E-state index in [4.69, 9.17) is 0 Å². The van der Waals surface area contributed by atoms with E-state index >= 15 is 0 Å². The van der Waals surface area contributed by atoms with Gasteiger partial charge in [0.15, 0.2) is 0 Å². The molecule has 0 amide bonds. The van der Waals surface area contributed by atoms with Gasteiger partial charge in [-0.3, -0.25) is 0 Å². The molecule has 8 aromatic carbocycles. The number of nitrogens with zero attached hydrogens (tertiary/aromatic N) is 2. The molecule has 3 heteroatoms. The Labute approximate surface area is 318 Å². The summed E-state index contributed by atoms with van der Waals surface area (Å²) < 4.78 is 4.96. The maximum atomic E-state index is 2.41. The Balaban J connectivity index is 1.02. The molecule has 0 saturated heterocycles. The number of hydrogen-bond acceptors (Lipinski definition) is 2. The van der Waals surface area contributed by atoms with Crippen LogP contribution in [0.25, 0.3) is 69.9 Å². The monoisotopic (exact) mass is 708 g/mol. The number of benzene rings is 8. The molecular formula is C51H36N2S. The number of aromatic nitrogens is 1. The summed E-state index contributed by atoms with van der Waals surface area (Å²) in [5, 5.41) is 5.14. The lowest BCUT2D eigenvalue weighted by Gasteiger charge is -2.27. The topological polar surface area (TPSA) is 8.17 Å². The largest absolute Gasteiger partial charge is 0.310 e. The Hall–Kier alpha value is -6.42. The SMILES string of the molecule is CC1(C)c2ccccc2-c2cc(N(c3ccccc3)c3ccc4c(c3)sc3cc(-c5ccc6c(c5)c5ccccc5n6-c5ccccc5)ccc34)ccc21. The highest BCUT2D eigenvalue weighted by Crippen LogP contribution is 2.51. The second-order valence-corrected chi connectivity index (χ2v) is 16.1. The Morgan fingerprint density at radius 1 is 0.426 bits per heavy atom. The van der Waals surface area contributed by atoms with E-state index in [9.17, 15) is 0 Å². The van der Waals surface area contributed by atoms with Gasteiger partial charge >= 0.3 is 0 Å². The van der Waals surface area contributed by atoms with E-state index in [1.807, 2.05) is 11.3 Å². The van der Waals surface area contributed by atoms with Gasteiger partial charge in [0, 0.05) is 59.1 Å². The van der Waals surface area contributed by atoms with Crippen LogP contribution in [-0.4, -0.2) is 4.57 Å². The van der Waals surface area contributed by atoms with Crippen LogP contribution in [0.3, 0.4) is 0 Å². The van der Waals surface area contributed by atoms with E-state index in [0.717, 1.165) is 11.4 Å². The number of anilines is 3. The molecule has 0 saturated carbocycles. The fourth-order valence-corrected chi connectivity index (χ4v) is 10.1. The summed E-state index contributed by atoms with van der Waals surface area (Å²) >= 11 is 1.88. The van der Waals surface area contributed by atoms with Gasteiger partial charge in [-0.15, -0.1) is 11.3 Å². The molecule has 0 fully saturated rings. The van der Waals surface area contributed by atoms with Gasteiger partial charge in [-0.2, -0.15) is 0 Å². The molecule has 0 atom stereocenters. The minimum absolute atomic E-state index is 0.0241. The lowest BCUT2D eigenvalue weighted by atomic mass is 9.82. The molecule has 0 radical (unpaired) electrons. The van der Waals surface area contributed by atoms with Gasteiger partial charge in [0.1, 0.15) is 0 Å². The van der Waals surface area contributed by atoms with Gasteiger partial charge in [0.05, 0.1) is 11.0 Å². The predicted octanol–water partition coefficient (Wildman–Crippen LogP) is 14.6. The Morgan fingerprint density at radius 3 is 1.89 bits per heavy atom. The summed E-state index contributed by atoms with van der Waals surface area (Å²) in [6.07, 6.45) is 0. The summed E-state index contributed by atoms with van der Waals surface area (Å²) in [6, 6.07) is 67.0. The maximum Gasteiger partial charge on any atom is 0.0541 e. The fraction of sp³-hybridized carbons (Fsp3) is 0.0588. The highest BCUT2D eigenvalue weighted by molar-refractivity contribution is 7.25. The van der Waals surface area contributed by atoms with Gasteiger partial charge in [-0.05, 0) is 106 Å². The summed E-state index contributed by atoms with van der Waals surface area (Å²) in [7, 11) is 0. The molecule has 0 aliphatic heterocycles. The molecule has 0 N–H and O–H groups in total. The van der Waals surface area contributed by atoms with Gasteiger partial charge in [-0.1, -0.05) is 123 Å². The van der Waals surface area contributed by atoms with Crippen molar-refractivity contribution in [3.63, 3.8) is 0 Å². The number of hydrogen-bond donors (Lipinski definition) is 0. The first-order valence-electron chi connectivity index (χ1n) is 18.7. The Bertz CT molecular complexity index is 3080. The zero-order valence-electron chi connectivity index (χ0n) is 30.1. The molecule has 2 aromatic heterocycles. The third-order valence-electron chi connectivity index (χ3n) is 11.6. The quantitative estimate of drug-likeness (QED) is 0.173. The molecule has 0 bridgehead atoms. The van der Waals surface area contributed by atoms with Crippen molar-refractivity contribution in [1.29, 1.82) is 0 Å². The van der Waals surface area contributed by atoms with Crippen molar-refractivity contribution in [2.75, 3.05) is 4.90 Å². The van der Waals surface area contributed by atoms with Crippen molar-refractivity contribution in [3.05, 3.63) is 193 Å². The van der Waals surface area contributed by atoms with E-state index in [1.165, 1.54) is 86.7 Å². The molecule has 1 aliphatic carbocycles. The van der Waals surface area contributed by atoms with Gasteiger partial charge < -0.3 is 9.47 Å². The van der Waals surface area contributed by atoms with Crippen molar-refractivity contribution >= 4 is 70.4 Å². The molecule has 11 rings (SSSR count). The zero-order valence-corrected chi connectivity index (χ0v) is 30.9. The first kappa shape index (κ1) is 31.1. The second kappa shape index (κ2) is 11.8. The summed E-state index contributed by atoms with van der Waals surface area (Å²) in [5.41, 5.74) is 15.0. The maximum absolute atomic E-state index is 2.41. The van der Waals surface area contributed by atoms with Gasteiger partial charge in [0.25, 0.3) is 0 Å². The second-order valence-electron chi connectivity index (χ2n) is 15.0. The van der Waals surface area contributed by atoms with Crippen molar-refractivity contribution in [3.8, 4) is 27.9 Å². The van der Waals surface area contributed by atoms with E-state index in [0.29, 0.717) is 0 Å². The average Bonchev–Trinajstić information content (AvgIpc) is 3.83. The van der Waals surface area contributed by atoms with Crippen molar-refractivity contribution in [1.82, 2.24) is 4.57 Å². The molecule has 10 aromatic rings. The fourth-order valence-electron chi connectivity index (χ4n) is 8.96. The number of rotatable bonds is 5. The molecule has 1 aliphatic rings. The van der Waals surface area contributed by atoms with Gasteiger partial charge in [-0.25, -0.2) is 0 Å². The Morgan fingerprint density at radius 2 is 1.04 bits per heavy atom. The van der Waals surface area contributed by atoms with Crippen molar-refractivity contribution < 1.29 is 0 Å². The van der Waals surface area contributed by atoms with Crippen molar-refractivity contribution in [2.45, 2.75) is 19.3 Å². The number of fused-ring (bicyclic) bond motifs is 9. The molecule has 0 spiro atoms. The minimum atomic E-state index is -0.0241. The molecule has 54 heavy (non-hydrogen) atoms. The van der Waals surface area contributed by atoms with Crippen molar-refractivity contribution in [2.24, 2.45) is 0 Å². The van der Waals surface area contributed by atoms with Crippen LogP contribution in [0.15, 0.2) is 182 Å². The molecule has 2 nitrogen and oxygen atoms in total. The smallest absolute Gasteiger partial charge is 0.0541 e. The van der Waals surface area contributed by atoms with Crippen LogP contribution < -0.4 is 4.90 Å². The van der Waals surface area contributed by atoms with Crippen LogP contribution in [0.5, 0.6) is 0 Å². The van der Waals surface area contributed by atoms with Crippen LogP contribution in [0.4, 0.5) is 17.1 Å². The van der Waals surface area contributed by atoms with Crippen LogP contribution in [-0.2, 0) is 5.41 Å². The van der Waals surface area contributed by atoms with Crippen LogP contribution in [0, 0.1) is 0 Å². The first-order valence-corrected chi connectivity index (χ1v) is 19.5. The number of thiophene rings is 1. The minimum Gasteiger partial charge on any atom is -0.310 e. The molecular weight excluding hydrogens is 673 g/mol. The summed E-state index contributed by atoms with van der Waals surface area (Å²) in [5.74, 6) is 0. The molecule has 0 unspecified atom stereocenters. The summed E-state index contributed by atoms with van der Waals surface area (Å²) in [4.78, 5) is 2.41. The standard InChI is InChI=1S/C51H36N2S/c1-51(2)45-19-11-9-17-39(45)43-31-37(24-27-46(43)51)52(35-13-5-3-6-14-35)38-23-26-42-41-25-21-34(30-49(41)54-50(42)32-38)33-22-28-48-44(29-33)40-18-10-12-20-47(40)53(48)36-15-7-4-8-16-36/h3-32H,1-2H3. The van der Waals surface area contributed by atoms with Crippen LogP contribution >= 0.6 is 11.3 Å². The highest BCUT2D eigenvalue weighted by Gasteiger charge is 2.35.